The highest BCUT2D eigenvalue weighted by molar-refractivity contribution is 8.15. The zero-order chi connectivity index (χ0) is 19.5. The highest BCUT2D eigenvalue weighted by Gasteiger charge is 2.31. The molecule has 6 nitrogen and oxygen atoms in total. The zero-order valence-electron chi connectivity index (χ0n) is 15.3. The minimum Gasteiger partial charge on any atom is -0.452 e. The van der Waals surface area contributed by atoms with Crippen molar-refractivity contribution in [2.24, 2.45) is 10.2 Å². The molecule has 2 atom stereocenters. The molecule has 4 rings (SSSR count). The van der Waals surface area contributed by atoms with Crippen molar-refractivity contribution in [3.8, 4) is 0 Å². The summed E-state index contributed by atoms with van der Waals surface area (Å²) in [6.45, 7) is 1.78. The van der Waals surface area contributed by atoms with Gasteiger partial charge in [-0.25, -0.2) is 4.79 Å². The Morgan fingerprint density at radius 3 is 2.71 bits per heavy atom. The molecule has 142 valence electrons. The third kappa shape index (κ3) is 3.99. The number of cyclic esters (lactones) is 1. The molecule has 2 aliphatic heterocycles. The van der Waals surface area contributed by atoms with Gasteiger partial charge in [0, 0.05) is 6.42 Å². The lowest BCUT2D eigenvalue weighted by atomic mass is 9.97. The molecule has 0 bridgehead atoms. The number of nitrogens with zero attached hydrogens (tertiary/aromatic N) is 2. The van der Waals surface area contributed by atoms with Crippen LogP contribution in [0, 0.1) is 0 Å². The monoisotopic (exact) mass is 393 g/mol. The highest BCUT2D eigenvalue weighted by Crippen LogP contribution is 2.24. The summed E-state index contributed by atoms with van der Waals surface area (Å²) in [6, 6.07) is 17.3. The SMILES string of the molecule is C/C(=N/N=C1\NC(=O)[C@@H](Cc2ccccc2)S1)[C@@H]1Cc2ccccc2C(=O)O1. The van der Waals surface area contributed by atoms with E-state index in [1.54, 1.807) is 13.0 Å². The Labute approximate surface area is 167 Å². The number of amides is 1. The molecule has 28 heavy (non-hydrogen) atoms. The summed E-state index contributed by atoms with van der Waals surface area (Å²) in [4.78, 5) is 24.3. The summed E-state index contributed by atoms with van der Waals surface area (Å²) in [6.07, 6.45) is 0.753. The molecule has 0 saturated carbocycles. The number of amidine groups is 1. The maximum absolute atomic E-state index is 12.2. The second-order valence-corrected chi connectivity index (χ2v) is 7.88. The van der Waals surface area contributed by atoms with Gasteiger partial charge < -0.3 is 10.1 Å². The van der Waals surface area contributed by atoms with E-state index in [1.807, 2.05) is 48.5 Å². The van der Waals surface area contributed by atoms with Gasteiger partial charge in [-0.1, -0.05) is 60.3 Å². The Morgan fingerprint density at radius 2 is 1.89 bits per heavy atom. The molecule has 0 aromatic heterocycles. The van der Waals surface area contributed by atoms with E-state index < -0.39 is 6.10 Å². The van der Waals surface area contributed by atoms with Crippen molar-refractivity contribution in [2.75, 3.05) is 0 Å². The largest absolute Gasteiger partial charge is 0.452 e. The van der Waals surface area contributed by atoms with Gasteiger partial charge in [-0.3, -0.25) is 4.79 Å². The van der Waals surface area contributed by atoms with Crippen LogP contribution in [0.2, 0.25) is 0 Å². The number of fused-ring (bicyclic) bond motifs is 1. The van der Waals surface area contributed by atoms with Crippen LogP contribution in [-0.2, 0) is 22.4 Å². The quantitative estimate of drug-likeness (QED) is 0.492. The van der Waals surface area contributed by atoms with Crippen LogP contribution in [0.3, 0.4) is 0 Å². The number of hydrogen-bond acceptors (Lipinski definition) is 6. The number of ether oxygens (including phenoxy) is 1. The van der Waals surface area contributed by atoms with Crippen LogP contribution < -0.4 is 5.32 Å². The van der Waals surface area contributed by atoms with Gasteiger partial charge in [0.25, 0.3) is 0 Å². The summed E-state index contributed by atoms with van der Waals surface area (Å²) in [5.74, 6) is -0.418. The maximum atomic E-state index is 12.2. The Hall–Kier alpha value is -2.93. The molecule has 2 aliphatic rings. The van der Waals surface area contributed by atoms with E-state index >= 15 is 0 Å². The molecule has 2 heterocycles. The maximum Gasteiger partial charge on any atom is 0.339 e. The molecular weight excluding hydrogens is 374 g/mol. The van der Waals surface area contributed by atoms with Gasteiger partial charge in [0.15, 0.2) is 5.17 Å². The first-order chi connectivity index (χ1) is 13.6. The first-order valence-corrected chi connectivity index (χ1v) is 9.90. The molecule has 0 aliphatic carbocycles. The van der Waals surface area contributed by atoms with E-state index in [4.69, 9.17) is 4.74 Å². The summed E-state index contributed by atoms with van der Waals surface area (Å²) in [7, 11) is 0. The normalized spacial score (nSPS) is 23.3. The second-order valence-electron chi connectivity index (χ2n) is 6.69. The van der Waals surface area contributed by atoms with Crippen LogP contribution in [-0.4, -0.2) is 34.1 Å². The van der Waals surface area contributed by atoms with Crippen molar-refractivity contribution in [1.82, 2.24) is 5.32 Å². The van der Waals surface area contributed by atoms with Crippen LogP contribution >= 0.6 is 11.8 Å². The lowest BCUT2D eigenvalue weighted by Gasteiger charge is -2.23. The molecule has 0 spiro atoms. The van der Waals surface area contributed by atoms with Crippen LogP contribution in [0.15, 0.2) is 64.8 Å². The molecule has 2 aromatic rings. The van der Waals surface area contributed by atoms with Crippen molar-refractivity contribution in [3.05, 3.63) is 71.3 Å². The van der Waals surface area contributed by atoms with Gasteiger partial charge in [0.2, 0.25) is 5.91 Å². The molecule has 2 aromatic carbocycles. The smallest absolute Gasteiger partial charge is 0.339 e. The van der Waals surface area contributed by atoms with E-state index in [9.17, 15) is 9.59 Å². The molecule has 1 fully saturated rings. The number of carbonyl (C=O) groups is 2. The lowest BCUT2D eigenvalue weighted by molar-refractivity contribution is -0.118. The molecule has 1 saturated heterocycles. The Bertz CT molecular complexity index is 972. The molecule has 1 amide bonds. The number of rotatable bonds is 4. The van der Waals surface area contributed by atoms with E-state index in [2.05, 4.69) is 15.5 Å². The summed E-state index contributed by atoms with van der Waals surface area (Å²) in [5.41, 5.74) is 3.23. The number of esters is 1. The standard InChI is InChI=1S/C21H19N3O3S/c1-13(17-12-15-9-5-6-10-16(15)20(26)27-17)23-24-21-22-19(25)18(28-21)11-14-7-3-2-4-8-14/h2-10,17-18H,11-12H2,1H3,(H,22,24,25)/b23-13-/t17-,18+/m0/s1. The van der Waals surface area contributed by atoms with Crippen LogP contribution in [0.1, 0.15) is 28.4 Å². The van der Waals surface area contributed by atoms with Gasteiger partial charge in [-0.05, 0) is 30.5 Å². The van der Waals surface area contributed by atoms with Crippen molar-refractivity contribution < 1.29 is 14.3 Å². The van der Waals surface area contributed by atoms with Crippen molar-refractivity contribution in [1.29, 1.82) is 0 Å². The number of carbonyl (C=O) groups excluding carboxylic acids is 2. The number of benzene rings is 2. The number of hydrogen-bond donors (Lipinski definition) is 1. The molecule has 7 heteroatoms. The van der Waals surface area contributed by atoms with Gasteiger partial charge in [-0.15, -0.1) is 5.10 Å². The number of thioether (sulfide) groups is 1. The second kappa shape index (κ2) is 7.98. The van der Waals surface area contributed by atoms with Gasteiger partial charge >= 0.3 is 5.97 Å². The molecule has 0 unspecified atom stereocenters. The van der Waals surface area contributed by atoms with E-state index in [-0.39, 0.29) is 17.1 Å². The third-order valence-corrected chi connectivity index (χ3v) is 5.77. The first-order valence-electron chi connectivity index (χ1n) is 9.02. The van der Waals surface area contributed by atoms with Crippen LogP contribution in [0.5, 0.6) is 0 Å². The predicted molar refractivity (Wildman–Crippen MR) is 110 cm³/mol. The fraction of sp³-hybridized carbons (Fsp3) is 0.238. The fourth-order valence-electron chi connectivity index (χ4n) is 3.17. The van der Waals surface area contributed by atoms with Crippen molar-refractivity contribution in [2.45, 2.75) is 31.1 Å². The average molecular weight is 393 g/mol. The number of nitrogens with one attached hydrogen (secondary N) is 1. The molecule has 1 N–H and O–H groups in total. The fourth-order valence-corrected chi connectivity index (χ4v) is 4.13. The summed E-state index contributed by atoms with van der Waals surface area (Å²) in [5, 5.41) is 11.4. The average Bonchev–Trinajstić information content (AvgIpc) is 3.06. The van der Waals surface area contributed by atoms with Gasteiger partial charge in [0.05, 0.1) is 16.5 Å². The molecular formula is C21H19N3O3S. The van der Waals surface area contributed by atoms with Gasteiger partial charge in [-0.2, -0.15) is 5.10 Å². The van der Waals surface area contributed by atoms with E-state index in [1.165, 1.54) is 11.8 Å². The van der Waals surface area contributed by atoms with Gasteiger partial charge in [0.1, 0.15) is 6.10 Å². The molecule has 0 radical (unpaired) electrons. The lowest BCUT2D eigenvalue weighted by Crippen LogP contribution is -2.33. The van der Waals surface area contributed by atoms with E-state index in [0.29, 0.717) is 29.3 Å². The Morgan fingerprint density at radius 1 is 1.14 bits per heavy atom. The highest BCUT2D eigenvalue weighted by atomic mass is 32.2. The topological polar surface area (TPSA) is 80.1 Å². The summed E-state index contributed by atoms with van der Waals surface area (Å²) >= 11 is 1.37. The van der Waals surface area contributed by atoms with E-state index in [0.717, 1.165) is 11.1 Å². The first kappa shape index (κ1) is 18.4. The van der Waals surface area contributed by atoms with Crippen LogP contribution in [0.4, 0.5) is 0 Å². The Kier molecular flexibility index (Phi) is 5.25. The summed E-state index contributed by atoms with van der Waals surface area (Å²) < 4.78 is 5.48. The van der Waals surface area contributed by atoms with Crippen molar-refractivity contribution >= 4 is 34.5 Å². The minimum absolute atomic E-state index is 0.0709. The van der Waals surface area contributed by atoms with Crippen LogP contribution in [0.25, 0.3) is 0 Å². The third-order valence-electron chi connectivity index (χ3n) is 4.70. The van der Waals surface area contributed by atoms with Crippen molar-refractivity contribution in [3.63, 3.8) is 0 Å². The minimum atomic E-state index is -0.450. The zero-order valence-corrected chi connectivity index (χ0v) is 16.1. The predicted octanol–water partition coefficient (Wildman–Crippen LogP) is 2.97. The Balaban J connectivity index is 1.43.